The molecule has 1 aromatic rings. The molecule has 0 amide bonds. The third-order valence-electron chi connectivity index (χ3n) is 2.98. The van der Waals surface area contributed by atoms with Crippen molar-refractivity contribution >= 4 is 40.9 Å². The van der Waals surface area contributed by atoms with Crippen molar-refractivity contribution in [1.82, 2.24) is 0 Å². The van der Waals surface area contributed by atoms with E-state index in [2.05, 4.69) is 0 Å². The van der Waals surface area contributed by atoms with Crippen LogP contribution in [0.25, 0.3) is 0 Å². The van der Waals surface area contributed by atoms with Crippen molar-refractivity contribution in [2.45, 2.75) is 24.0 Å². The molecule has 0 spiro atoms. The van der Waals surface area contributed by atoms with Crippen LogP contribution in [0.2, 0.25) is 10.0 Å². The Morgan fingerprint density at radius 2 is 2.24 bits per heavy atom. The maximum Gasteiger partial charge on any atom is 0.320 e. The normalized spacial score (nSPS) is 23.9. The van der Waals surface area contributed by atoms with E-state index in [1.807, 2.05) is 6.07 Å². The number of carboxylic acid groups (broad SMARTS) is 1. The maximum absolute atomic E-state index is 11.4. The van der Waals surface area contributed by atoms with Gasteiger partial charge in [-0.25, -0.2) is 0 Å². The number of hydrogen-bond acceptors (Lipinski definition) is 2. The predicted molar refractivity (Wildman–Crippen MR) is 72.2 cm³/mol. The number of benzene rings is 1. The van der Waals surface area contributed by atoms with Crippen LogP contribution in [0, 0.1) is 0 Å². The average Bonchev–Trinajstić information content (AvgIpc) is 2.72. The molecule has 0 aromatic heterocycles. The smallest absolute Gasteiger partial charge is 0.320 e. The fourth-order valence-corrected chi connectivity index (χ4v) is 3.88. The quantitative estimate of drug-likeness (QED) is 0.918. The average molecular weight is 291 g/mol. The Morgan fingerprint density at radius 3 is 2.76 bits per heavy atom. The summed E-state index contributed by atoms with van der Waals surface area (Å²) in [7, 11) is 0. The number of thioether (sulfide) groups is 1. The van der Waals surface area contributed by atoms with Crippen LogP contribution in [0.4, 0.5) is 0 Å². The molecule has 17 heavy (non-hydrogen) atoms. The summed E-state index contributed by atoms with van der Waals surface area (Å²) in [5, 5.41) is 10.5. The monoisotopic (exact) mass is 290 g/mol. The van der Waals surface area contributed by atoms with E-state index in [1.165, 1.54) is 11.8 Å². The molecule has 1 heterocycles. The Bertz CT molecular complexity index is 442. The molecule has 0 radical (unpaired) electrons. The van der Waals surface area contributed by atoms with Crippen LogP contribution in [-0.4, -0.2) is 21.6 Å². The van der Waals surface area contributed by atoms with Crippen LogP contribution in [-0.2, 0) is 11.2 Å². The van der Waals surface area contributed by atoms with Crippen molar-refractivity contribution in [2.75, 3.05) is 5.75 Å². The highest BCUT2D eigenvalue weighted by Crippen LogP contribution is 2.42. The molecule has 1 aromatic carbocycles. The van der Waals surface area contributed by atoms with Gasteiger partial charge in [-0.2, -0.15) is 0 Å². The van der Waals surface area contributed by atoms with Gasteiger partial charge in [-0.3, -0.25) is 4.79 Å². The topological polar surface area (TPSA) is 37.3 Å². The zero-order chi connectivity index (χ0) is 12.5. The molecule has 1 unspecified atom stereocenters. The molecule has 92 valence electrons. The minimum atomic E-state index is -0.744. The first-order valence-corrected chi connectivity index (χ1v) is 7.09. The Balaban J connectivity index is 2.26. The first-order valence-electron chi connectivity index (χ1n) is 5.35. The molecule has 1 saturated heterocycles. The van der Waals surface area contributed by atoms with Gasteiger partial charge >= 0.3 is 5.97 Å². The van der Waals surface area contributed by atoms with Crippen molar-refractivity contribution in [3.05, 3.63) is 33.8 Å². The second kappa shape index (κ2) is 5.09. The lowest BCUT2D eigenvalue weighted by atomic mass is 9.94. The zero-order valence-electron chi connectivity index (χ0n) is 9.08. The summed E-state index contributed by atoms with van der Waals surface area (Å²) in [4.78, 5) is 11.4. The molecular formula is C12H12Cl2O2S. The number of carboxylic acids is 1. The fraction of sp³-hybridized carbons (Fsp3) is 0.417. The third-order valence-corrected chi connectivity index (χ3v) is 5.14. The van der Waals surface area contributed by atoms with E-state index < -0.39 is 10.7 Å². The minimum Gasteiger partial charge on any atom is -0.480 e. The molecule has 1 N–H and O–H groups in total. The number of halogens is 2. The van der Waals surface area contributed by atoms with Crippen LogP contribution in [0.15, 0.2) is 18.2 Å². The second-order valence-electron chi connectivity index (χ2n) is 4.16. The zero-order valence-corrected chi connectivity index (χ0v) is 11.4. The molecule has 0 saturated carbocycles. The van der Waals surface area contributed by atoms with Gasteiger partial charge in [0, 0.05) is 10.0 Å². The highest BCUT2D eigenvalue weighted by molar-refractivity contribution is 8.01. The molecule has 1 atom stereocenters. The van der Waals surface area contributed by atoms with E-state index in [-0.39, 0.29) is 0 Å². The number of hydrogen-bond donors (Lipinski definition) is 1. The summed E-state index contributed by atoms with van der Waals surface area (Å²) < 4.78 is -0.711. The first-order chi connectivity index (χ1) is 8.03. The summed E-state index contributed by atoms with van der Waals surface area (Å²) in [6.45, 7) is 0. The summed E-state index contributed by atoms with van der Waals surface area (Å²) in [5.41, 5.74) is 0.855. The molecule has 2 nitrogen and oxygen atoms in total. The standard InChI is InChI=1S/C12H12Cl2O2S/c13-9-3-2-8(10(14)6-9)7-12(11(15)16)4-1-5-17-12/h2-3,6H,1,4-5,7H2,(H,15,16). The summed E-state index contributed by atoms with van der Waals surface area (Å²) >= 11 is 13.4. The van der Waals surface area contributed by atoms with E-state index in [9.17, 15) is 9.90 Å². The number of rotatable bonds is 3. The van der Waals surface area contributed by atoms with E-state index in [1.54, 1.807) is 12.1 Å². The van der Waals surface area contributed by atoms with Gasteiger partial charge in [0.1, 0.15) is 4.75 Å². The Hall–Kier alpha value is -0.380. The fourth-order valence-electron chi connectivity index (χ4n) is 2.05. The van der Waals surface area contributed by atoms with Gasteiger partial charge in [0.15, 0.2) is 0 Å². The van der Waals surface area contributed by atoms with Gasteiger partial charge < -0.3 is 5.11 Å². The van der Waals surface area contributed by atoms with Gasteiger partial charge in [0.25, 0.3) is 0 Å². The minimum absolute atomic E-state index is 0.461. The van der Waals surface area contributed by atoms with Crippen molar-refractivity contribution < 1.29 is 9.90 Å². The van der Waals surface area contributed by atoms with Gasteiger partial charge in [-0.1, -0.05) is 29.3 Å². The van der Waals surface area contributed by atoms with E-state index >= 15 is 0 Å². The van der Waals surface area contributed by atoms with Crippen LogP contribution in [0.1, 0.15) is 18.4 Å². The first kappa shape index (κ1) is 13.1. The molecule has 1 aliphatic rings. The Kier molecular flexibility index (Phi) is 3.91. The highest BCUT2D eigenvalue weighted by Gasteiger charge is 2.42. The summed E-state index contributed by atoms with van der Waals surface area (Å²) in [6, 6.07) is 5.22. The van der Waals surface area contributed by atoms with Crippen molar-refractivity contribution in [3.8, 4) is 0 Å². The van der Waals surface area contributed by atoms with Crippen molar-refractivity contribution in [2.24, 2.45) is 0 Å². The van der Waals surface area contributed by atoms with Gasteiger partial charge in [-0.15, -0.1) is 11.8 Å². The van der Waals surface area contributed by atoms with Crippen molar-refractivity contribution in [1.29, 1.82) is 0 Å². The lowest BCUT2D eigenvalue weighted by molar-refractivity contribution is -0.139. The molecule has 1 fully saturated rings. The molecular weight excluding hydrogens is 279 g/mol. The van der Waals surface area contributed by atoms with Gasteiger partial charge in [0.05, 0.1) is 0 Å². The van der Waals surface area contributed by atoms with Crippen LogP contribution in [0.5, 0.6) is 0 Å². The second-order valence-corrected chi connectivity index (χ2v) is 6.49. The summed E-state index contributed by atoms with van der Waals surface area (Å²) in [6.07, 6.45) is 2.11. The van der Waals surface area contributed by atoms with Gasteiger partial charge in [0.2, 0.25) is 0 Å². The van der Waals surface area contributed by atoms with Crippen LogP contribution in [0.3, 0.4) is 0 Å². The molecule has 0 bridgehead atoms. The van der Waals surface area contributed by atoms with E-state index in [4.69, 9.17) is 23.2 Å². The molecule has 5 heteroatoms. The summed E-state index contributed by atoms with van der Waals surface area (Å²) in [5.74, 6) is 0.156. The largest absolute Gasteiger partial charge is 0.480 e. The van der Waals surface area contributed by atoms with Crippen LogP contribution < -0.4 is 0 Å². The lowest BCUT2D eigenvalue weighted by Crippen LogP contribution is -2.34. The highest BCUT2D eigenvalue weighted by atomic mass is 35.5. The SMILES string of the molecule is O=C(O)C1(Cc2ccc(Cl)cc2Cl)CCCS1. The number of carbonyl (C=O) groups is 1. The van der Waals surface area contributed by atoms with E-state index in [0.717, 1.165) is 17.7 Å². The maximum atomic E-state index is 11.4. The molecule has 0 aliphatic carbocycles. The third kappa shape index (κ3) is 2.72. The van der Waals surface area contributed by atoms with Gasteiger partial charge in [-0.05, 0) is 42.7 Å². The Labute approximate surface area is 114 Å². The van der Waals surface area contributed by atoms with Crippen LogP contribution >= 0.6 is 35.0 Å². The number of aliphatic carboxylic acids is 1. The van der Waals surface area contributed by atoms with Crippen molar-refractivity contribution in [3.63, 3.8) is 0 Å². The lowest BCUT2D eigenvalue weighted by Gasteiger charge is -2.23. The van der Waals surface area contributed by atoms with E-state index in [0.29, 0.717) is 22.9 Å². The predicted octanol–water partition coefficient (Wildman–Crippen LogP) is 3.89. The molecule has 2 rings (SSSR count). The Morgan fingerprint density at radius 1 is 1.47 bits per heavy atom. The molecule has 1 aliphatic heterocycles.